The molecule has 0 saturated heterocycles. The number of aromatic amines is 2. The largest absolute Gasteiger partial charge is 0.398 e. The maximum absolute atomic E-state index is 6.81. The molecule has 2 aliphatic heterocycles. The summed E-state index contributed by atoms with van der Waals surface area (Å²) < 4.78 is 0. The van der Waals surface area contributed by atoms with Gasteiger partial charge in [0, 0.05) is 55.6 Å². The van der Waals surface area contributed by atoms with Crippen LogP contribution in [0.1, 0.15) is 118 Å². The van der Waals surface area contributed by atoms with E-state index in [1.807, 2.05) is 12.1 Å². The number of rotatable bonds is 16. The molecule has 3 aromatic heterocycles. The SMILES string of the molecule is CCCCCc1ccc(-c2c3nc(c(-c4ccc(CCCCC)cc4)c4ccc([nH]4)c(-c4ccccc4N)c4nc(c(-c5ccc(CCCCC)cc5)c5ccc2[nH]5)C=C4)C=C3)cc1. The number of aryl methyl sites for hydroxylation is 3. The minimum absolute atomic E-state index is 0.701. The van der Waals surface area contributed by atoms with E-state index in [-0.39, 0.29) is 0 Å². The van der Waals surface area contributed by atoms with Gasteiger partial charge < -0.3 is 15.7 Å². The molecule has 2 aliphatic rings. The number of aromatic nitrogens is 4. The molecule has 0 aliphatic carbocycles. The molecule has 4 N–H and O–H groups in total. The molecule has 5 nitrogen and oxygen atoms in total. The molecule has 9 rings (SSSR count). The number of hydrogen-bond acceptors (Lipinski definition) is 3. The first-order valence-corrected chi connectivity index (χ1v) is 23.8. The highest BCUT2D eigenvalue weighted by Gasteiger charge is 2.20. The molecule has 0 unspecified atom stereocenters. The van der Waals surface area contributed by atoms with Crippen LogP contribution in [0.5, 0.6) is 0 Å². The Labute approximate surface area is 379 Å². The highest BCUT2D eigenvalue weighted by Crippen LogP contribution is 2.39. The lowest BCUT2D eigenvalue weighted by atomic mass is 10.00. The summed E-state index contributed by atoms with van der Waals surface area (Å²) in [6.07, 6.45) is 22.9. The summed E-state index contributed by atoms with van der Waals surface area (Å²) in [6.45, 7) is 6.78. The van der Waals surface area contributed by atoms with Gasteiger partial charge in [-0.15, -0.1) is 0 Å². The Morgan fingerprint density at radius 3 is 1.05 bits per heavy atom. The zero-order chi connectivity index (χ0) is 43.8. The molecule has 7 aromatic rings. The van der Waals surface area contributed by atoms with Gasteiger partial charge in [-0.1, -0.05) is 150 Å². The second kappa shape index (κ2) is 19.8. The van der Waals surface area contributed by atoms with E-state index in [1.54, 1.807) is 0 Å². The summed E-state index contributed by atoms with van der Waals surface area (Å²) in [7, 11) is 0. The molecule has 0 fully saturated rings. The quantitative estimate of drug-likeness (QED) is 0.0669. The van der Waals surface area contributed by atoms with Crippen molar-refractivity contribution in [1.82, 2.24) is 19.9 Å². The van der Waals surface area contributed by atoms with Crippen LogP contribution >= 0.6 is 0 Å². The Morgan fingerprint density at radius 1 is 0.375 bits per heavy atom. The maximum Gasteiger partial charge on any atom is 0.0738 e. The van der Waals surface area contributed by atoms with Gasteiger partial charge in [0.1, 0.15) is 0 Å². The van der Waals surface area contributed by atoms with Crippen molar-refractivity contribution in [2.75, 3.05) is 5.73 Å². The summed E-state index contributed by atoms with van der Waals surface area (Å²) in [5, 5.41) is 0. The minimum Gasteiger partial charge on any atom is -0.398 e. The molecule has 5 heteroatoms. The van der Waals surface area contributed by atoms with Crippen molar-refractivity contribution in [3.63, 3.8) is 0 Å². The summed E-state index contributed by atoms with van der Waals surface area (Å²) in [6, 6.07) is 44.3. The number of unbranched alkanes of at least 4 members (excludes halogenated alkanes) is 6. The van der Waals surface area contributed by atoms with Crippen LogP contribution in [0, 0.1) is 0 Å². The predicted octanol–water partition coefficient (Wildman–Crippen LogP) is 16.1. The van der Waals surface area contributed by atoms with Crippen LogP contribution < -0.4 is 5.73 Å². The first-order chi connectivity index (χ1) is 31.5. The Balaban J connectivity index is 1.34. The van der Waals surface area contributed by atoms with E-state index in [1.165, 1.54) is 74.5 Å². The highest BCUT2D eigenvalue weighted by molar-refractivity contribution is 6.00. The van der Waals surface area contributed by atoms with Crippen LogP contribution in [-0.2, 0) is 19.3 Å². The summed E-state index contributed by atoms with van der Waals surface area (Å²) in [5.41, 5.74) is 27.5. The van der Waals surface area contributed by atoms with E-state index in [0.29, 0.717) is 5.69 Å². The third-order valence-electron chi connectivity index (χ3n) is 12.9. The number of nitrogen functional groups attached to an aromatic ring is 1. The van der Waals surface area contributed by atoms with Crippen LogP contribution in [0.3, 0.4) is 0 Å². The number of H-pyrrole nitrogens is 2. The van der Waals surface area contributed by atoms with E-state index >= 15 is 0 Å². The van der Waals surface area contributed by atoms with Gasteiger partial charge in [-0.25, -0.2) is 9.97 Å². The third-order valence-corrected chi connectivity index (χ3v) is 12.9. The number of hydrogen-bond donors (Lipinski definition) is 3. The second-order valence-corrected chi connectivity index (χ2v) is 17.6. The Kier molecular flexibility index (Phi) is 13.1. The van der Waals surface area contributed by atoms with Crippen LogP contribution in [0.2, 0.25) is 0 Å². The molecule has 8 bridgehead atoms. The van der Waals surface area contributed by atoms with E-state index in [4.69, 9.17) is 15.7 Å². The van der Waals surface area contributed by atoms with Crippen molar-refractivity contribution in [2.45, 2.75) is 97.8 Å². The van der Waals surface area contributed by atoms with Gasteiger partial charge in [-0.2, -0.15) is 0 Å². The number of para-hydroxylation sites is 1. The average Bonchev–Trinajstić information content (AvgIpc) is 4.17. The summed E-state index contributed by atoms with van der Waals surface area (Å²) in [4.78, 5) is 18.9. The van der Waals surface area contributed by atoms with Gasteiger partial charge in [0.25, 0.3) is 0 Å². The topological polar surface area (TPSA) is 83.4 Å². The zero-order valence-corrected chi connectivity index (χ0v) is 37.8. The highest BCUT2D eigenvalue weighted by atomic mass is 14.8. The van der Waals surface area contributed by atoms with Gasteiger partial charge >= 0.3 is 0 Å². The fraction of sp³-hybridized carbons (Fsp3) is 0.254. The number of nitrogens with two attached hydrogens (primary N) is 1. The first-order valence-electron chi connectivity index (χ1n) is 23.8. The molecular formula is C59H61N5. The number of fused-ring (bicyclic) bond motifs is 8. The lowest BCUT2D eigenvalue weighted by Gasteiger charge is -2.09. The maximum atomic E-state index is 6.81. The fourth-order valence-electron chi connectivity index (χ4n) is 9.38. The van der Waals surface area contributed by atoms with Crippen LogP contribution in [0.15, 0.2) is 121 Å². The molecule has 64 heavy (non-hydrogen) atoms. The van der Waals surface area contributed by atoms with Crippen LogP contribution in [0.25, 0.3) is 90.9 Å². The van der Waals surface area contributed by atoms with Gasteiger partial charge in [0.15, 0.2) is 0 Å². The molecule has 322 valence electrons. The second-order valence-electron chi connectivity index (χ2n) is 17.6. The van der Waals surface area contributed by atoms with Gasteiger partial charge in [0.2, 0.25) is 0 Å². The predicted molar refractivity (Wildman–Crippen MR) is 275 cm³/mol. The van der Waals surface area contributed by atoms with Crippen LogP contribution in [-0.4, -0.2) is 19.9 Å². The van der Waals surface area contributed by atoms with Crippen LogP contribution in [0.4, 0.5) is 5.69 Å². The fourth-order valence-corrected chi connectivity index (χ4v) is 9.38. The lowest BCUT2D eigenvalue weighted by molar-refractivity contribution is 0.717. The van der Waals surface area contributed by atoms with E-state index in [9.17, 15) is 0 Å². The van der Waals surface area contributed by atoms with Gasteiger partial charge in [-0.05, 0) is 127 Å². The molecule has 0 spiro atoms. The number of nitrogens with zero attached hydrogens (tertiary/aromatic N) is 2. The zero-order valence-electron chi connectivity index (χ0n) is 37.8. The lowest BCUT2D eigenvalue weighted by Crippen LogP contribution is -1.93. The summed E-state index contributed by atoms with van der Waals surface area (Å²) >= 11 is 0. The average molecular weight is 840 g/mol. The van der Waals surface area contributed by atoms with Crippen molar-refractivity contribution in [3.05, 3.63) is 161 Å². The Hall–Kier alpha value is -6.72. The number of nitrogens with one attached hydrogen (secondary N) is 2. The molecule has 0 amide bonds. The molecule has 0 saturated carbocycles. The van der Waals surface area contributed by atoms with Crippen molar-refractivity contribution in [3.8, 4) is 44.5 Å². The molecular weight excluding hydrogens is 779 g/mol. The first kappa shape index (κ1) is 42.6. The van der Waals surface area contributed by atoms with E-state index in [0.717, 1.165) is 109 Å². The van der Waals surface area contributed by atoms with Gasteiger partial charge in [-0.3, -0.25) is 0 Å². The summed E-state index contributed by atoms with van der Waals surface area (Å²) in [5.74, 6) is 0. The Morgan fingerprint density at radius 2 is 0.703 bits per heavy atom. The minimum atomic E-state index is 0.701. The van der Waals surface area contributed by atoms with Crippen molar-refractivity contribution < 1.29 is 0 Å². The molecule has 5 heterocycles. The smallest absolute Gasteiger partial charge is 0.0738 e. The van der Waals surface area contributed by atoms with Crippen molar-refractivity contribution >= 4 is 52.1 Å². The van der Waals surface area contributed by atoms with Crippen molar-refractivity contribution in [2.24, 2.45) is 0 Å². The Bertz CT molecular complexity index is 2910. The number of benzene rings is 4. The van der Waals surface area contributed by atoms with E-state index in [2.05, 4.69) is 164 Å². The van der Waals surface area contributed by atoms with Crippen molar-refractivity contribution in [1.29, 1.82) is 0 Å². The molecule has 0 atom stereocenters. The number of anilines is 1. The standard InChI is InChI=1S/C59H61N5/c1-4-7-10-15-40-20-26-43(27-21-40)56-48-32-34-50(61-48)57(44-28-22-41(23-29-44)16-11-8-5-2)52-36-38-54(63-52)59(46-18-13-14-19-47(46)60)55-39-37-53(64-55)58(51-35-33-49(56)62-51)45-30-24-42(25-31-45)17-12-9-6-3/h13-14,18-39,61,64H,4-12,15-17,60H2,1-3H3. The third kappa shape index (κ3) is 9.17. The van der Waals surface area contributed by atoms with Gasteiger partial charge in [0.05, 0.1) is 22.8 Å². The molecule has 4 aromatic carbocycles. The van der Waals surface area contributed by atoms with E-state index < -0.39 is 0 Å². The normalized spacial score (nSPS) is 12.0. The monoisotopic (exact) mass is 839 g/mol. The molecule has 0 radical (unpaired) electrons.